The predicted octanol–water partition coefficient (Wildman–Crippen LogP) is 2.89. The van der Waals surface area contributed by atoms with Gasteiger partial charge in [-0.2, -0.15) is 5.10 Å². The van der Waals surface area contributed by atoms with E-state index in [-0.39, 0.29) is 24.4 Å². The first-order chi connectivity index (χ1) is 15.2. The fraction of sp³-hybridized carbons (Fsp3) is 0.250. The van der Waals surface area contributed by atoms with Gasteiger partial charge in [-0.1, -0.05) is 30.3 Å². The molecule has 0 bridgehead atoms. The number of hydrogen-bond donors (Lipinski definition) is 2. The third-order valence-corrected chi connectivity index (χ3v) is 5.68. The lowest BCUT2D eigenvalue weighted by molar-refractivity contribution is -0.121. The van der Waals surface area contributed by atoms with E-state index in [1.54, 1.807) is 18.6 Å². The molecule has 156 valence electrons. The number of benzene rings is 1. The lowest BCUT2D eigenvalue weighted by Crippen LogP contribution is -2.37. The molecule has 7 heteroatoms. The van der Waals surface area contributed by atoms with Crippen LogP contribution in [0.3, 0.4) is 0 Å². The highest BCUT2D eigenvalue weighted by molar-refractivity contribution is 5.83. The summed E-state index contributed by atoms with van der Waals surface area (Å²) in [5.74, 6) is -0.00971. The summed E-state index contributed by atoms with van der Waals surface area (Å²) >= 11 is 0. The van der Waals surface area contributed by atoms with Crippen LogP contribution in [0.2, 0.25) is 0 Å². The van der Waals surface area contributed by atoms with E-state index >= 15 is 0 Å². The summed E-state index contributed by atoms with van der Waals surface area (Å²) in [6.07, 6.45) is 6.50. The molecule has 1 aliphatic heterocycles. The van der Waals surface area contributed by atoms with E-state index in [0.717, 1.165) is 40.9 Å². The van der Waals surface area contributed by atoms with E-state index in [1.807, 2.05) is 48.0 Å². The third-order valence-electron chi connectivity index (χ3n) is 5.68. The molecule has 1 saturated heterocycles. The number of fused-ring (bicyclic) bond motifs is 1. The van der Waals surface area contributed by atoms with Crippen molar-refractivity contribution in [1.82, 2.24) is 30.4 Å². The number of rotatable bonds is 5. The second-order valence-electron chi connectivity index (χ2n) is 7.99. The Kier molecular flexibility index (Phi) is 5.18. The number of nitrogens with one attached hydrogen (secondary N) is 2. The van der Waals surface area contributed by atoms with Gasteiger partial charge >= 0.3 is 0 Å². The van der Waals surface area contributed by atoms with Crippen LogP contribution in [0.25, 0.3) is 16.6 Å². The molecule has 0 spiro atoms. The number of carbonyl (C=O) groups excluding carboxylic acids is 1. The molecule has 2 unspecified atom stereocenters. The summed E-state index contributed by atoms with van der Waals surface area (Å²) < 4.78 is 1.84. The van der Waals surface area contributed by atoms with Crippen LogP contribution < -0.4 is 10.6 Å². The first-order valence-corrected chi connectivity index (χ1v) is 10.5. The second-order valence-corrected chi connectivity index (χ2v) is 7.99. The molecule has 31 heavy (non-hydrogen) atoms. The van der Waals surface area contributed by atoms with Crippen molar-refractivity contribution in [2.45, 2.75) is 31.8 Å². The highest BCUT2D eigenvalue weighted by Crippen LogP contribution is 2.23. The number of aryl methyl sites for hydroxylation is 1. The largest absolute Gasteiger partial charge is 0.352 e. The van der Waals surface area contributed by atoms with Gasteiger partial charge in [0, 0.05) is 35.9 Å². The fourth-order valence-corrected chi connectivity index (χ4v) is 4.16. The molecule has 7 nitrogen and oxygen atoms in total. The number of hydrogen-bond acceptors (Lipinski definition) is 5. The molecule has 0 radical (unpaired) electrons. The van der Waals surface area contributed by atoms with Crippen molar-refractivity contribution in [2.75, 3.05) is 6.54 Å². The summed E-state index contributed by atoms with van der Waals surface area (Å²) in [5, 5.41) is 12.1. The Morgan fingerprint density at radius 3 is 2.87 bits per heavy atom. The Balaban J connectivity index is 1.24. The quantitative estimate of drug-likeness (QED) is 0.527. The van der Waals surface area contributed by atoms with Crippen molar-refractivity contribution in [3.8, 4) is 5.69 Å². The summed E-state index contributed by atoms with van der Waals surface area (Å²) in [7, 11) is 0. The zero-order valence-corrected chi connectivity index (χ0v) is 17.3. The van der Waals surface area contributed by atoms with Gasteiger partial charge < -0.3 is 10.6 Å². The van der Waals surface area contributed by atoms with Gasteiger partial charge in [-0.15, -0.1) is 0 Å². The van der Waals surface area contributed by atoms with Crippen LogP contribution in [0.5, 0.6) is 0 Å². The Labute approximate surface area is 180 Å². The van der Waals surface area contributed by atoms with Crippen LogP contribution in [-0.2, 0) is 11.2 Å². The van der Waals surface area contributed by atoms with Crippen LogP contribution in [0.1, 0.15) is 29.4 Å². The first-order valence-electron chi connectivity index (χ1n) is 10.5. The van der Waals surface area contributed by atoms with E-state index in [2.05, 4.69) is 37.8 Å². The van der Waals surface area contributed by atoms with Gasteiger partial charge in [0.1, 0.15) is 0 Å². The number of nitrogens with zero attached hydrogens (tertiary/aromatic N) is 4. The van der Waals surface area contributed by atoms with E-state index in [0.29, 0.717) is 0 Å². The highest BCUT2D eigenvalue weighted by atomic mass is 16.1. The summed E-state index contributed by atoms with van der Waals surface area (Å²) in [6, 6.07) is 16.6. The smallest absolute Gasteiger partial charge is 0.226 e. The minimum absolute atomic E-state index is 0.00971. The van der Waals surface area contributed by atoms with Gasteiger partial charge in [0.05, 0.1) is 35.7 Å². The zero-order valence-electron chi connectivity index (χ0n) is 17.3. The maximum absolute atomic E-state index is 12.6. The first kappa shape index (κ1) is 19.4. The number of aromatic nitrogens is 4. The molecule has 3 aromatic heterocycles. The number of carbonyl (C=O) groups is 1. The molecular weight excluding hydrogens is 388 g/mol. The molecule has 4 aromatic rings. The van der Waals surface area contributed by atoms with Crippen molar-refractivity contribution in [1.29, 1.82) is 0 Å². The van der Waals surface area contributed by atoms with Gasteiger partial charge in [-0.25, -0.2) is 4.68 Å². The molecule has 1 aromatic carbocycles. The Bertz CT molecular complexity index is 1220. The monoisotopic (exact) mass is 412 g/mol. The van der Waals surface area contributed by atoms with Crippen molar-refractivity contribution < 1.29 is 4.79 Å². The van der Waals surface area contributed by atoms with E-state index in [4.69, 9.17) is 0 Å². The Hall–Kier alpha value is -3.58. The van der Waals surface area contributed by atoms with Crippen molar-refractivity contribution in [3.05, 3.63) is 84.1 Å². The molecule has 0 saturated carbocycles. The predicted molar refractivity (Wildman–Crippen MR) is 119 cm³/mol. The van der Waals surface area contributed by atoms with Crippen LogP contribution in [-0.4, -0.2) is 38.2 Å². The third kappa shape index (κ3) is 4.18. The maximum atomic E-state index is 12.6. The van der Waals surface area contributed by atoms with Crippen LogP contribution in [0.15, 0.2) is 67.1 Å². The molecule has 1 amide bonds. The standard InChI is InChI=1S/C24H24N6O/c1-16-9-21(7-8-25-16)30-23-15-26-19(10-18(23)13-28-30)12-24(31)29-20-11-22(27-14-20)17-5-3-2-4-6-17/h2-10,13,15,20,22,27H,11-12,14H2,1H3,(H,29,31). The van der Waals surface area contributed by atoms with Crippen molar-refractivity contribution in [3.63, 3.8) is 0 Å². The molecule has 2 N–H and O–H groups in total. The highest BCUT2D eigenvalue weighted by Gasteiger charge is 2.26. The molecular formula is C24H24N6O. The van der Waals surface area contributed by atoms with Crippen molar-refractivity contribution >= 4 is 16.8 Å². The van der Waals surface area contributed by atoms with Crippen LogP contribution in [0, 0.1) is 6.92 Å². The SMILES string of the molecule is Cc1cc(-n2ncc3cc(CC(=O)NC4CNC(c5ccccc5)C4)ncc32)ccn1. The average molecular weight is 412 g/mol. The average Bonchev–Trinajstić information content (AvgIpc) is 3.41. The molecule has 0 aliphatic carbocycles. The van der Waals surface area contributed by atoms with Gasteiger partial charge in [0.2, 0.25) is 5.91 Å². The normalized spacial score (nSPS) is 18.4. The van der Waals surface area contributed by atoms with E-state index in [1.165, 1.54) is 5.56 Å². The topological polar surface area (TPSA) is 84.7 Å². The van der Waals surface area contributed by atoms with Gasteiger partial charge in [0.15, 0.2) is 0 Å². The fourth-order valence-electron chi connectivity index (χ4n) is 4.16. The minimum atomic E-state index is -0.00971. The summed E-state index contributed by atoms with van der Waals surface area (Å²) in [4.78, 5) is 21.4. The Morgan fingerprint density at radius 2 is 2.03 bits per heavy atom. The van der Waals surface area contributed by atoms with E-state index < -0.39 is 0 Å². The molecule has 2 atom stereocenters. The van der Waals surface area contributed by atoms with Gasteiger partial charge in [-0.05, 0) is 37.1 Å². The van der Waals surface area contributed by atoms with Gasteiger partial charge in [-0.3, -0.25) is 14.8 Å². The number of amides is 1. The molecule has 1 fully saturated rings. The second kappa shape index (κ2) is 8.28. The minimum Gasteiger partial charge on any atom is -0.352 e. The molecule has 1 aliphatic rings. The van der Waals surface area contributed by atoms with Gasteiger partial charge in [0.25, 0.3) is 0 Å². The van der Waals surface area contributed by atoms with Crippen molar-refractivity contribution in [2.24, 2.45) is 0 Å². The molecule has 4 heterocycles. The summed E-state index contributed by atoms with van der Waals surface area (Å²) in [5.41, 5.74) is 4.77. The Morgan fingerprint density at radius 1 is 1.16 bits per heavy atom. The number of pyridine rings is 2. The maximum Gasteiger partial charge on any atom is 0.226 e. The van der Waals surface area contributed by atoms with E-state index in [9.17, 15) is 4.79 Å². The zero-order chi connectivity index (χ0) is 21.2. The lowest BCUT2D eigenvalue weighted by Gasteiger charge is -2.13. The molecule has 5 rings (SSSR count). The van der Waals surface area contributed by atoms with Crippen LogP contribution in [0.4, 0.5) is 0 Å². The van der Waals surface area contributed by atoms with Crippen LogP contribution >= 0.6 is 0 Å². The lowest BCUT2D eigenvalue weighted by atomic mass is 10.0. The summed E-state index contributed by atoms with van der Waals surface area (Å²) in [6.45, 7) is 2.72.